The van der Waals surface area contributed by atoms with Crippen LogP contribution in [0.3, 0.4) is 0 Å². The van der Waals surface area contributed by atoms with Crippen molar-refractivity contribution >= 4 is 0 Å². The highest BCUT2D eigenvalue weighted by Gasteiger charge is 2.13. The molecule has 0 heterocycles. The van der Waals surface area contributed by atoms with Gasteiger partial charge in [-0.05, 0) is 31.0 Å². The van der Waals surface area contributed by atoms with Gasteiger partial charge in [-0.15, -0.1) is 0 Å². The average Bonchev–Trinajstić information content (AvgIpc) is 2.46. The fraction of sp³-hybridized carbons (Fsp3) is 0.294. The van der Waals surface area contributed by atoms with Crippen molar-refractivity contribution < 1.29 is 13.9 Å². The highest BCUT2D eigenvalue weighted by atomic mass is 19.1. The SMILES string of the molecule is COc1cccc(CC(C)N)c1OCc1ccccc1F. The van der Waals surface area contributed by atoms with E-state index in [1.54, 1.807) is 25.3 Å². The lowest BCUT2D eigenvalue weighted by molar-refractivity contribution is 0.276. The van der Waals surface area contributed by atoms with Gasteiger partial charge in [-0.25, -0.2) is 4.39 Å². The Labute approximate surface area is 124 Å². The maximum atomic E-state index is 13.7. The predicted molar refractivity (Wildman–Crippen MR) is 81.1 cm³/mol. The van der Waals surface area contributed by atoms with E-state index in [9.17, 15) is 4.39 Å². The Balaban J connectivity index is 2.23. The second-order valence-electron chi connectivity index (χ2n) is 5.01. The van der Waals surface area contributed by atoms with Gasteiger partial charge < -0.3 is 15.2 Å². The molecule has 0 amide bonds. The van der Waals surface area contributed by atoms with E-state index in [1.165, 1.54) is 6.07 Å². The molecule has 21 heavy (non-hydrogen) atoms. The number of ether oxygens (including phenoxy) is 2. The molecular formula is C17H20FNO2. The molecule has 2 rings (SSSR count). The van der Waals surface area contributed by atoms with Gasteiger partial charge in [-0.1, -0.05) is 30.3 Å². The quantitative estimate of drug-likeness (QED) is 0.887. The highest BCUT2D eigenvalue weighted by molar-refractivity contribution is 5.47. The van der Waals surface area contributed by atoms with E-state index in [4.69, 9.17) is 15.2 Å². The Morgan fingerprint density at radius 3 is 2.48 bits per heavy atom. The predicted octanol–water partition coefficient (Wildman–Crippen LogP) is 3.30. The van der Waals surface area contributed by atoms with Gasteiger partial charge in [0.05, 0.1) is 7.11 Å². The Morgan fingerprint density at radius 2 is 1.81 bits per heavy atom. The van der Waals surface area contributed by atoms with E-state index in [0.29, 0.717) is 23.5 Å². The van der Waals surface area contributed by atoms with Crippen LogP contribution >= 0.6 is 0 Å². The number of halogens is 1. The van der Waals surface area contributed by atoms with Gasteiger partial charge in [-0.3, -0.25) is 0 Å². The number of hydrogen-bond acceptors (Lipinski definition) is 3. The van der Waals surface area contributed by atoms with Crippen molar-refractivity contribution in [3.8, 4) is 11.5 Å². The largest absolute Gasteiger partial charge is 0.493 e. The summed E-state index contributed by atoms with van der Waals surface area (Å²) < 4.78 is 24.8. The molecule has 2 aromatic carbocycles. The average molecular weight is 289 g/mol. The molecule has 0 radical (unpaired) electrons. The lowest BCUT2D eigenvalue weighted by atomic mass is 10.1. The number of benzene rings is 2. The molecule has 0 saturated heterocycles. The zero-order valence-electron chi connectivity index (χ0n) is 12.3. The molecule has 2 N–H and O–H groups in total. The summed E-state index contributed by atoms with van der Waals surface area (Å²) in [6.45, 7) is 2.08. The third-order valence-corrected chi connectivity index (χ3v) is 3.15. The van der Waals surface area contributed by atoms with Crippen molar-refractivity contribution in [3.05, 3.63) is 59.4 Å². The topological polar surface area (TPSA) is 44.5 Å². The first-order valence-corrected chi connectivity index (χ1v) is 6.89. The fourth-order valence-corrected chi connectivity index (χ4v) is 2.16. The van der Waals surface area contributed by atoms with Crippen molar-refractivity contribution in [2.45, 2.75) is 26.0 Å². The second-order valence-corrected chi connectivity index (χ2v) is 5.01. The first kappa shape index (κ1) is 15.3. The van der Waals surface area contributed by atoms with Crippen LogP contribution in [-0.4, -0.2) is 13.2 Å². The molecule has 0 saturated carbocycles. The monoisotopic (exact) mass is 289 g/mol. The van der Waals surface area contributed by atoms with E-state index in [0.717, 1.165) is 5.56 Å². The summed E-state index contributed by atoms with van der Waals surface area (Å²) in [6.07, 6.45) is 0.670. The molecule has 1 atom stereocenters. The van der Waals surface area contributed by atoms with E-state index < -0.39 is 0 Å². The molecular weight excluding hydrogens is 269 g/mol. The van der Waals surface area contributed by atoms with Crippen LogP contribution in [0.15, 0.2) is 42.5 Å². The Bertz CT molecular complexity index is 599. The first-order valence-electron chi connectivity index (χ1n) is 6.89. The molecule has 2 aromatic rings. The van der Waals surface area contributed by atoms with Crippen molar-refractivity contribution in [1.82, 2.24) is 0 Å². The summed E-state index contributed by atoms with van der Waals surface area (Å²) in [6, 6.07) is 12.2. The molecule has 0 fully saturated rings. The molecule has 0 bridgehead atoms. The van der Waals surface area contributed by atoms with Gasteiger partial charge in [0.2, 0.25) is 0 Å². The molecule has 112 valence electrons. The standard InChI is InChI=1S/C17H20FNO2/c1-12(19)10-13-7-5-9-16(20-2)17(13)21-11-14-6-3-4-8-15(14)18/h3-9,12H,10-11,19H2,1-2H3. The summed E-state index contributed by atoms with van der Waals surface area (Å²) in [7, 11) is 1.58. The molecule has 0 aromatic heterocycles. The van der Waals surface area contributed by atoms with E-state index in [2.05, 4.69) is 0 Å². The Kier molecular flexibility index (Phi) is 5.17. The number of rotatable bonds is 6. The zero-order valence-corrected chi connectivity index (χ0v) is 12.3. The normalized spacial score (nSPS) is 12.0. The van der Waals surface area contributed by atoms with Crippen LogP contribution in [-0.2, 0) is 13.0 Å². The van der Waals surface area contributed by atoms with Crippen LogP contribution in [0.25, 0.3) is 0 Å². The van der Waals surface area contributed by atoms with Crippen LogP contribution in [0.1, 0.15) is 18.1 Å². The van der Waals surface area contributed by atoms with Crippen molar-refractivity contribution in [2.75, 3.05) is 7.11 Å². The van der Waals surface area contributed by atoms with E-state index >= 15 is 0 Å². The Hall–Kier alpha value is -2.07. The summed E-state index contributed by atoms with van der Waals surface area (Å²) >= 11 is 0. The Morgan fingerprint density at radius 1 is 1.10 bits per heavy atom. The highest BCUT2D eigenvalue weighted by Crippen LogP contribution is 2.32. The van der Waals surface area contributed by atoms with Gasteiger partial charge in [0.15, 0.2) is 11.5 Å². The molecule has 1 unspecified atom stereocenters. The van der Waals surface area contributed by atoms with Crippen LogP contribution in [0.5, 0.6) is 11.5 Å². The van der Waals surface area contributed by atoms with Crippen molar-refractivity contribution in [1.29, 1.82) is 0 Å². The minimum Gasteiger partial charge on any atom is -0.493 e. The number of nitrogens with two attached hydrogens (primary N) is 1. The van der Waals surface area contributed by atoms with Crippen molar-refractivity contribution in [2.24, 2.45) is 5.73 Å². The second kappa shape index (κ2) is 7.09. The summed E-state index contributed by atoms with van der Waals surface area (Å²) in [5, 5.41) is 0. The third kappa shape index (κ3) is 3.95. The maximum Gasteiger partial charge on any atom is 0.164 e. The molecule has 4 heteroatoms. The summed E-state index contributed by atoms with van der Waals surface area (Å²) in [5.41, 5.74) is 7.33. The zero-order chi connectivity index (χ0) is 15.2. The van der Waals surface area contributed by atoms with Gasteiger partial charge in [0.25, 0.3) is 0 Å². The molecule has 3 nitrogen and oxygen atoms in total. The maximum absolute atomic E-state index is 13.7. The van der Waals surface area contributed by atoms with Crippen LogP contribution in [0.4, 0.5) is 4.39 Å². The lowest BCUT2D eigenvalue weighted by Crippen LogP contribution is -2.18. The first-order chi connectivity index (χ1) is 10.1. The number of methoxy groups -OCH3 is 1. The van der Waals surface area contributed by atoms with Crippen LogP contribution < -0.4 is 15.2 Å². The molecule has 0 spiro atoms. The van der Waals surface area contributed by atoms with E-state index in [-0.39, 0.29) is 18.5 Å². The summed E-state index contributed by atoms with van der Waals surface area (Å²) in [5.74, 6) is 0.978. The van der Waals surface area contributed by atoms with Crippen molar-refractivity contribution in [3.63, 3.8) is 0 Å². The molecule has 0 aliphatic carbocycles. The van der Waals surface area contributed by atoms with Crippen LogP contribution in [0, 0.1) is 5.82 Å². The lowest BCUT2D eigenvalue weighted by Gasteiger charge is -2.16. The minimum atomic E-state index is -0.277. The van der Waals surface area contributed by atoms with Gasteiger partial charge in [0.1, 0.15) is 12.4 Å². The van der Waals surface area contributed by atoms with Gasteiger partial charge in [0, 0.05) is 11.6 Å². The van der Waals surface area contributed by atoms with E-state index in [1.807, 2.05) is 25.1 Å². The van der Waals surface area contributed by atoms with Crippen LogP contribution in [0.2, 0.25) is 0 Å². The molecule has 0 aliphatic rings. The number of hydrogen-bond donors (Lipinski definition) is 1. The third-order valence-electron chi connectivity index (χ3n) is 3.15. The van der Waals surface area contributed by atoms with Gasteiger partial charge >= 0.3 is 0 Å². The summed E-state index contributed by atoms with van der Waals surface area (Å²) in [4.78, 5) is 0. The smallest absolute Gasteiger partial charge is 0.164 e. The minimum absolute atomic E-state index is 0.00733. The number of para-hydroxylation sites is 1. The van der Waals surface area contributed by atoms with Gasteiger partial charge in [-0.2, -0.15) is 0 Å². The molecule has 0 aliphatic heterocycles. The fourth-order valence-electron chi connectivity index (χ4n) is 2.16.